The van der Waals surface area contributed by atoms with Crippen molar-refractivity contribution >= 4 is 29.0 Å². The van der Waals surface area contributed by atoms with E-state index in [1.54, 1.807) is 19.1 Å². The Morgan fingerprint density at radius 1 is 0.798 bits per heavy atom. The molecule has 0 spiro atoms. The van der Waals surface area contributed by atoms with Gasteiger partial charge in [-0.25, -0.2) is 9.59 Å². The van der Waals surface area contributed by atoms with Gasteiger partial charge in [-0.2, -0.15) is 0 Å². The first kappa shape index (κ1) is 56.3. The van der Waals surface area contributed by atoms with Gasteiger partial charge in [-0.15, -0.1) is 0 Å². The van der Waals surface area contributed by atoms with E-state index < -0.39 is 47.9 Å². The van der Waals surface area contributed by atoms with Crippen molar-refractivity contribution < 1.29 is 48.3 Å². The Labute approximate surface area is 492 Å². The molecule has 14 rings (SSSR count). The number of esters is 2. The van der Waals surface area contributed by atoms with Crippen LogP contribution in [0.2, 0.25) is 0 Å². The average Bonchev–Trinajstić information content (AvgIpc) is 1.68. The van der Waals surface area contributed by atoms with Crippen LogP contribution in [0.1, 0.15) is 175 Å². The van der Waals surface area contributed by atoms with E-state index in [4.69, 9.17) is 23.4 Å². The normalized spacial score (nSPS) is 29.9. The number of allylic oxidation sites excluding steroid dienone is 3. The van der Waals surface area contributed by atoms with Gasteiger partial charge >= 0.3 is 17.6 Å². The first-order valence-corrected chi connectivity index (χ1v) is 30.9. The molecule has 11 nitrogen and oxygen atoms in total. The smallest absolute Gasteiger partial charge is 0.340 e. The maximum atomic E-state index is 15.8. The highest BCUT2D eigenvalue weighted by molar-refractivity contribution is 5.90. The Hall–Kier alpha value is -6.89. The summed E-state index contributed by atoms with van der Waals surface area (Å²) in [5, 5.41) is 32.5. The number of aliphatic hydroxyl groups excluding tert-OH is 3. The molecule has 2 bridgehead atoms. The molecule has 0 amide bonds. The van der Waals surface area contributed by atoms with E-state index in [1.807, 2.05) is 13.0 Å². The minimum absolute atomic E-state index is 0.00378. The number of aliphatic hydroxyl groups is 3. The second-order valence-corrected chi connectivity index (χ2v) is 25.5. The standard InChI is InChI=1S/C73H78O11/c1-43(40-75)56-28-20-44-18-21-46(22-19-44)57-29-26-49(48-13-10-15-54(36-48)73-33-9-8-14-53(73)27-25-47-12-5-7-17-62(47)73)35-52(57)38-64(77)81-68-66-63(31-30-59-61(41-76)65(71(79)82-67(59)66)51(32-34-74)42-80-3)84-72(2,69(68)83-70(56)78)55-37-50-24-23-45-11-4-6-16-58(45)60(50)39-55/h4-7,10-13,15-19,21-24,26,29-31,36,49-53,55,57,60,68-69,74-76H,8-9,14,20,25,27-28,32-35,37-42H2,1-3H3/b56-43-/t49-,50+,51-,52-,53-,55-,57+,60-,68-,69+,72+,73-/m1/s1. The highest BCUT2D eigenvalue weighted by atomic mass is 16.6. The SMILES string of the molecule is COC[C@@H](CCO)c1c(CO)c2ccc3c(c2oc1=O)[C@H]1OC(=O)C[C@H]2C[C@H](c4cccc([C@@]56CCCC[C@@H]5CCc5ccccc56)c4)C=C[C@H]2c2ccc(cc2)CC/C(=C(\C)CO)C(=O)O[C@@H]1[C@](C)([C@@H]1C[C@@H]2C=Cc4ccccc4[C@@H]2C1)O3. The molecule has 12 atom stereocenters. The summed E-state index contributed by atoms with van der Waals surface area (Å²) in [6, 6.07) is 38.9. The molecule has 11 heteroatoms. The lowest BCUT2D eigenvalue weighted by Crippen LogP contribution is -2.58. The summed E-state index contributed by atoms with van der Waals surface area (Å²) in [4.78, 5) is 45.8. The minimum atomic E-state index is -1.37. The summed E-state index contributed by atoms with van der Waals surface area (Å²) in [6.07, 6.45) is 16.5. The van der Waals surface area contributed by atoms with Crippen molar-refractivity contribution in [3.05, 3.63) is 210 Å². The molecule has 3 aliphatic heterocycles. The van der Waals surface area contributed by atoms with Crippen molar-refractivity contribution in [2.24, 2.45) is 23.7 Å². The zero-order valence-electron chi connectivity index (χ0n) is 48.6. The van der Waals surface area contributed by atoms with E-state index >= 15 is 9.59 Å². The molecule has 5 aliphatic carbocycles. The van der Waals surface area contributed by atoms with Crippen molar-refractivity contribution in [3.8, 4) is 5.75 Å². The van der Waals surface area contributed by atoms with Crippen LogP contribution in [0.5, 0.6) is 5.75 Å². The molecular formula is C73H78O11. The van der Waals surface area contributed by atoms with Crippen LogP contribution < -0.4 is 10.4 Å². The van der Waals surface area contributed by atoms with Crippen LogP contribution in [0.15, 0.2) is 148 Å². The third-order valence-corrected chi connectivity index (χ3v) is 21.2. The van der Waals surface area contributed by atoms with Gasteiger partial charge in [-0.05, 0) is 170 Å². The third kappa shape index (κ3) is 9.81. The fourth-order valence-electron chi connectivity index (χ4n) is 16.9. The molecule has 2 fully saturated rings. The van der Waals surface area contributed by atoms with Gasteiger partial charge in [-0.3, -0.25) is 4.79 Å². The number of ether oxygens (including phenoxy) is 4. The molecule has 0 radical (unpaired) electrons. The first-order chi connectivity index (χ1) is 40.9. The lowest BCUT2D eigenvalue weighted by atomic mass is 9.54. The number of hydrogen-bond acceptors (Lipinski definition) is 11. The number of hydrogen-bond donors (Lipinski definition) is 3. The van der Waals surface area contributed by atoms with E-state index in [0.717, 1.165) is 29.5 Å². The maximum Gasteiger partial charge on any atom is 0.340 e. The van der Waals surface area contributed by atoms with Gasteiger partial charge in [0.1, 0.15) is 16.9 Å². The Morgan fingerprint density at radius 2 is 1.63 bits per heavy atom. The lowest BCUT2D eigenvalue weighted by molar-refractivity contribution is -0.199. The molecule has 436 valence electrons. The van der Waals surface area contributed by atoms with Gasteiger partial charge in [0.2, 0.25) is 0 Å². The summed E-state index contributed by atoms with van der Waals surface area (Å²) >= 11 is 0. The zero-order valence-corrected chi connectivity index (χ0v) is 48.6. The molecule has 3 N–H and O–H groups in total. The van der Waals surface area contributed by atoms with Gasteiger partial charge in [0, 0.05) is 65.7 Å². The zero-order chi connectivity index (χ0) is 57.9. The van der Waals surface area contributed by atoms with Crippen molar-refractivity contribution in [1.82, 2.24) is 0 Å². The molecule has 0 saturated heterocycles. The van der Waals surface area contributed by atoms with Gasteiger partial charge in [0.15, 0.2) is 12.2 Å². The first-order valence-electron chi connectivity index (χ1n) is 30.9. The van der Waals surface area contributed by atoms with Gasteiger partial charge in [0.05, 0.1) is 25.4 Å². The Bertz CT molecular complexity index is 3640. The fourth-order valence-corrected chi connectivity index (χ4v) is 16.9. The number of methoxy groups -OCH3 is 1. The average molecular weight is 1130 g/mol. The third-order valence-electron chi connectivity index (χ3n) is 21.2. The van der Waals surface area contributed by atoms with Crippen LogP contribution in [0.25, 0.3) is 17.0 Å². The van der Waals surface area contributed by atoms with Crippen molar-refractivity contribution in [2.75, 3.05) is 26.9 Å². The number of carbonyl (C=O) groups is 2. The molecule has 5 aromatic carbocycles. The lowest BCUT2D eigenvalue weighted by Gasteiger charge is -2.49. The van der Waals surface area contributed by atoms with Gasteiger partial charge in [0.25, 0.3) is 0 Å². The summed E-state index contributed by atoms with van der Waals surface area (Å²) in [5.74, 6) is -1.21. The number of aryl methyl sites for hydroxylation is 2. The Balaban J connectivity index is 0.943. The molecule has 8 aliphatic rings. The molecule has 84 heavy (non-hydrogen) atoms. The highest BCUT2D eigenvalue weighted by Gasteiger charge is 2.59. The molecule has 4 heterocycles. The van der Waals surface area contributed by atoms with E-state index in [9.17, 15) is 20.1 Å². The summed E-state index contributed by atoms with van der Waals surface area (Å²) in [7, 11) is 1.51. The van der Waals surface area contributed by atoms with Crippen molar-refractivity contribution in [1.29, 1.82) is 0 Å². The van der Waals surface area contributed by atoms with Crippen LogP contribution in [-0.4, -0.2) is 65.9 Å². The van der Waals surface area contributed by atoms with Crippen molar-refractivity contribution in [3.63, 3.8) is 0 Å². The van der Waals surface area contributed by atoms with Crippen LogP contribution in [-0.2, 0) is 48.7 Å². The predicted molar refractivity (Wildman–Crippen MR) is 323 cm³/mol. The van der Waals surface area contributed by atoms with Gasteiger partial charge in [-0.1, -0.05) is 134 Å². The molecular weight excluding hydrogens is 1050 g/mol. The number of benzene rings is 5. The summed E-state index contributed by atoms with van der Waals surface area (Å²) < 4.78 is 33.4. The number of carbonyl (C=O) groups excluding carboxylic acids is 2. The van der Waals surface area contributed by atoms with Crippen molar-refractivity contribution in [2.45, 2.75) is 151 Å². The largest absolute Gasteiger partial charge is 0.483 e. The Kier molecular flexibility index (Phi) is 15.5. The van der Waals surface area contributed by atoms with Crippen LogP contribution >= 0.6 is 0 Å². The molecule has 6 aromatic rings. The van der Waals surface area contributed by atoms with E-state index in [-0.39, 0.29) is 96.7 Å². The minimum Gasteiger partial charge on any atom is -0.483 e. The highest BCUT2D eigenvalue weighted by Crippen LogP contribution is 2.59. The van der Waals surface area contributed by atoms with Crippen LogP contribution in [0, 0.1) is 23.7 Å². The number of rotatable bonds is 10. The Morgan fingerprint density at radius 3 is 2.45 bits per heavy atom. The van der Waals surface area contributed by atoms with Crippen LogP contribution in [0.4, 0.5) is 0 Å². The topological polar surface area (TPSA) is 162 Å². The summed E-state index contributed by atoms with van der Waals surface area (Å²) in [6.45, 7) is 2.62. The van der Waals surface area contributed by atoms with Crippen LogP contribution in [0.3, 0.4) is 0 Å². The summed E-state index contributed by atoms with van der Waals surface area (Å²) in [5.41, 5.74) is 9.44. The molecule has 0 unspecified atom stereocenters. The monoisotopic (exact) mass is 1130 g/mol. The molecule has 2 saturated carbocycles. The van der Waals surface area contributed by atoms with Gasteiger partial charge < -0.3 is 38.7 Å². The number of fused-ring (bicyclic) bond motifs is 17. The van der Waals surface area contributed by atoms with E-state index in [1.165, 1.54) is 60.6 Å². The quantitative estimate of drug-likeness (QED) is 0.0518. The van der Waals surface area contributed by atoms with E-state index in [0.29, 0.717) is 59.4 Å². The predicted octanol–water partition coefficient (Wildman–Crippen LogP) is 13.1. The second-order valence-electron chi connectivity index (χ2n) is 25.5. The molecule has 1 aromatic heterocycles. The van der Waals surface area contributed by atoms with E-state index in [2.05, 4.69) is 115 Å². The maximum absolute atomic E-state index is 15.8. The second kappa shape index (κ2) is 23.2. The fraction of sp³-hybridized carbons (Fsp3) is 0.438.